The summed E-state index contributed by atoms with van der Waals surface area (Å²) in [5, 5.41) is 20.5. The van der Waals surface area contributed by atoms with Gasteiger partial charge in [0, 0.05) is 12.1 Å². The van der Waals surface area contributed by atoms with E-state index in [1.807, 2.05) is 37.3 Å². The lowest BCUT2D eigenvalue weighted by Gasteiger charge is -2.12. The van der Waals surface area contributed by atoms with Gasteiger partial charge in [0.2, 0.25) is 0 Å². The summed E-state index contributed by atoms with van der Waals surface area (Å²) in [5.41, 5.74) is 3.68. The van der Waals surface area contributed by atoms with Crippen molar-refractivity contribution in [3.63, 3.8) is 0 Å². The Morgan fingerprint density at radius 3 is 2.53 bits per heavy atom. The number of nitro groups is 1. The molecule has 0 fully saturated rings. The highest BCUT2D eigenvalue weighted by molar-refractivity contribution is 5.90. The Bertz CT molecular complexity index is 1130. The number of non-ortho nitro benzene ring substituents is 1. The van der Waals surface area contributed by atoms with Crippen LogP contribution >= 0.6 is 0 Å². The van der Waals surface area contributed by atoms with E-state index in [9.17, 15) is 15.4 Å². The number of methoxy groups -OCH3 is 1. The van der Waals surface area contributed by atoms with Gasteiger partial charge in [0.25, 0.3) is 5.69 Å². The number of ether oxygens (including phenoxy) is 2. The smallest absolute Gasteiger partial charge is 0.270 e. The predicted octanol–water partition coefficient (Wildman–Crippen LogP) is 5.56. The molecule has 0 heterocycles. The van der Waals surface area contributed by atoms with Gasteiger partial charge in [-0.05, 0) is 41.8 Å². The highest BCUT2D eigenvalue weighted by Gasteiger charge is 2.10. The summed E-state index contributed by atoms with van der Waals surface area (Å²) in [5.74, 6) is 1.12. The molecule has 6 heteroatoms. The zero-order chi connectivity index (χ0) is 21.5. The van der Waals surface area contributed by atoms with E-state index < -0.39 is 4.92 Å². The molecule has 6 nitrogen and oxygen atoms in total. The molecule has 0 unspecified atom stereocenters. The molecule has 0 aliphatic heterocycles. The number of hydrogen-bond acceptors (Lipinski definition) is 5. The first-order valence-corrected chi connectivity index (χ1v) is 9.23. The van der Waals surface area contributed by atoms with E-state index in [-0.39, 0.29) is 5.69 Å². The van der Waals surface area contributed by atoms with Crippen molar-refractivity contribution in [3.05, 3.63) is 99.1 Å². The number of hydrogen-bond donors (Lipinski definition) is 0. The first kappa shape index (κ1) is 20.6. The van der Waals surface area contributed by atoms with Crippen molar-refractivity contribution in [2.45, 2.75) is 13.5 Å². The molecule has 0 aromatic heterocycles. The molecule has 30 heavy (non-hydrogen) atoms. The molecular weight excluding hydrogens is 380 g/mol. The van der Waals surface area contributed by atoms with Crippen molar-refractivity contribution in [2.24, 2.45) is 0 Å². The second kappa shape index (κ2) is 9.39. The Balaban J connectivity index is 1.84. The van der Waals surface area contributed by atoms with Gasteiger partial charge in [0.15, 0.2) is 11.5 Å². The van der Waals surface area contributed by atoms with Crippen LogP contribution in [0.1, 0.15) is 22.3 Å². The van der Waals surface area contributed by atoms with Gasteiger partial charge in [-0.15, -0.1) is 0 Å². The normalized spacial score (nSPS) is 10.9. The molecule has 0 aliphatic rings. The molecule has 0 radical (unpaired) electrons. The van der Waals surface area contributed by atoms with Crippen LogP contribution in [0.3, 0.4) is 0 Å². The summed E-state index contributed by atoms with van der Waals surface area (Å²) in [4.78, 5) is 10.5. The van der Waals surface area contributed by atoms with E-state index in [2.05, 4.69) is 6.07 Å². The standard InChI is InChI=1S/C24H20N2O4/c1-17-6-8-18(9-7-17)16-30-23-11-10-19(13-24(23)29-2)12-21(15-25)20-4-3-5-22(14-20)26(27)28/h3-14H,16H2,1-2H3. The number of allylic oxidation sites excluding steroid dienone is 1. The summed E-state index contributed by atoms with van der Waals surface area (Å²) in [6.07, 6.45) is 1.66. The maximum atomic E-state index is 11.0. The average molecular weight is 400 g/mol. The van der Waals surface area contributed by atoms with Gasteiger partial charge in [0.1, 0.15) is 6.61 Å². The first-order chi connectivity index (χ1) is 14.5. The minimum Gasteiger partial charge on any atom is -0.493 e. The second-order valence-electron chi connectivity index (χ2n) is 6.66. The van der Waals surface area contributed by atoms with E-state index in [0.717, 1.165) is 11.1 Å². The van der Waals surface area contributed by atoms with Crippen molar-refractivity contribution in [2.75, 3.05) is 7.11 Å². The predicted molar refractivity (Wildman–Crippen MR) is 115 cm³/mol. The number of nitriles is 1. The van der Waals surface area contributed by atoms with Crippen LogP contribution in [0.2, 0.25) is 0 Å². The lowest BCUT2D eigenvalue weighted by molar-refractivity contribution is -0.384. The second-order valence-corrected chi connectivity index (χ2v) is 6.66. The molecule has 3 aromatic rings. The maximum absolute atomic E-state index is 11.0. The lowest BCUT2D eigenvalue weighted by atomic mass is 10.0. The van der Waals surface area contributed by atoms with E-state index >= 15 is 0 Å². The fraction of sp³-hybridized carbons (Fsp3) is 0.125. The van der Waals surface area contributed by atoms with Crippen LogP contribution in [0.15, 0.2) is 66.7 Å². The Morgan fingerprint density at radius 2 is 1.87 bits per heavy atom. The summed E-state index contributed by atoms with van der Waals surface area (Å²) < 4.78 is 11.3. The van der Waals surface area contributed by atoms with Crippen LogP contribution in [0, 0.1) is 28.4 Å². The van der Waals surface area contributed by atoms with E-state index in [4.69, 9.17) is 9.47 Å². The minimum absolute atomic E-state index is 0.0638. The molecule has 0 saturated heterocycles. The van der Waals surface area contributed by atoms with Gasteiger partial charge in [0.05, 0.1) is 23.7 Å². The first-order valence-electron chi connectivity index (χ1n) is 9.23. The Kier molecular flexibility index (Phi) is 6.46. The summed E-state index contributed by atoms with van der Waals surface area (Å²) in [7, 11) is 1.55. The average Bonchev–Trinajstić information content (AvgIpc) is 2.77. The molecule has 0 atom stereocenters. The fourth-order valence-electron chi connectivity index (χ4n) is 2.87. The molecule has 150 valence electrons. The topological polar surface area (TPSA) is 85.4 Å². The molecule has 0 amide bonds. The summed E-state index contributed by atoms with van der Waals surface area (Å²) in [6, 6.07) is 21.5. The van der Waals surface area contributed by atoms with Crippen molar-refractivity contribution in [1.29, 1.82) is 5.26 Å². The van der Waals surface area contributed by atoms with Crippen LogP contribution in [0.5, 0.6) is 11.5 Å². The number of rotatable bonds is 7. The summed E-state index contributed by atoms with van der Waals surface area (Å²) >= 11 is 0. The van der Waals surface area contributed by atoms with E-state index in [0.29, 0.717) is 29.2 Å². The van der Waals surface area contributed by atoms with Crippen LogP contribution < -0.4 is 9.47 Å². The van der Waals surface area contributed by atoms with Gasteiger partial charge in [-0.25, -0.2) is 0 Å². The van der Waals surface area contributed by atoms with Crippen LogP contribution in [-0.4, -0.2) is 12.0 Å². The molecule has 0 N–H and O–H groups in total. The Morgan fingerprint density at radius 1 is 1.10 bits per heavy atom. The molecule has 3 rings (SSSR count). The monoisotopic (exact) mass is 400 g/mol. The highest BCUT2D eigenvalue weighted by Crippen LogP contribution is 2.31. The van der Waals surface area contributed by atoms with Gasteiger partial charge in [-0.1, -0.05) is 48.0 Å². The zero-order valence-electron chi connectivity index (χ0n) is 16.7. The summed E-state index contributed by atoms with van der Waals surface area (Å²) in [6.45, 7) is 2.44. The number of nitrogens with zero attached hydrogens (tertiary/aromatic N) is 2. The molecule has 0 saturated carbocycles. The minimum atomic E-state index is -0.484. The molecular formula is C24H20N2O4. The Labute approximate surface area is 174 Å². The van der Waals surface area contributed by atoms with Crippen molar-refractivity contribution in [1.82, 2.24) is 0 Å². The van der Waals surface area contributed by atoms with Gasteiger partial charge < -0.3 is 9.47 Å². The molecule has 3 aromatic carbocycles. The van der Waals surface area contributed by atoms with Crippen molar-refractivity contribution >= 4 is 17.3 Å². The van der Waals surface area contributed by atoms with Crippen LogP contribution in [0.4, 0.5) is 5.69 Å². The van der Waals surface area contributed by atoms with Crippen molar-refractivity contribution < 1.29 is 14.4 Å². The van der Waals surface area contributed by atoms with Crippen molar-refractivity contribution in [3.8, 4) is 17.6 Å². The van der Waals surface area contributed by atoms with Crippen LogP contribution in [-0.2, 0) is 6.61 Å². The zero-order valence-corrected chi connectivity index (χ0v) is 16.7. The third-order valence-corrected chi connectivity index (χ3v) is 4.50. The highest BCUT2D eigenvalue weighted by atomic mass is 16.6. The number of nitro benzene ring substituents is 1. The fourth-order valence-corrected chi connectivity index (χ4v) is 2.87. The van der Waals surface area contributed by atoms with Crippen LogP contribution in [0.25, 0.3) is 11.6 Å². The molecule has 0 aliphatic carbocycles. The van der Waals surface area contributed by atoms with Gasteiger partial charge in [-0.3, -0.25) is 10.1 Å². The third kappa shape index (κ3) is 5.03. The molecule has 0 spiro atoms. The lowest BCUT2D eigenvalue weighted by Crippen LogP contribution is -1.98. The third-order valence-electron chi connectivity index (χ3n) is 4.50. The van der Waals surface area contributed by atoms with Gasteiger partial charge >= 0.3 is 0 Å². The number of aryl methyl sites for hydroxylation is 1. The maximum Gasteiger partial charge on any atom is 0.270 e. The SMILES string of the molecule is COc1cc(C=C(C#N)c2cccc([N+](=O)[O-])c2)ccc1OCc1ccc(C)cc1. The van der Waals surface area contributed by atoms with E-state index in [1.165, 1.54) is 17.7 Å². The van der Waals surface area contributed by atoms with Gasteiger partial charge in [-0.2, -0.15) is 5.26 Å². The Hall–Kier alpha value is -4.11. The number of benzene rings is 3. The largest absolute Gasteiger partial charge is 0.493 e. The quantitative estimate of drug-likeness (QED) is 0.224. The molecule has 0 bridgehead atoms. The van der Waals surface area contributed by atoms with E-state index in [1.54, 1.807) is 37.5 Å².